The minimum Gasteiger partial charge on any atom is -0.266 e. The number of hydrogen-bond donors (Lipinski definition) is 0. The monoisotopic (exact) mass is 328 g/mol. The molecule has 0 bridgehead atoms. The van der Waals surface area contributed by atoms with E-state index < -0.39 is 16.3 Å². The molecule has 3 nitrogen and oxygen atoms in total. The number of halogens is 1. The molecule has 1 unspecified atom stereocenters. The fraction of sp³-hybridized carbons (Fsp3) is 0.647. The van der Waals surface area contributed by atoms with Crippen molar-refractivity contribution in [3.63, 3.8) is 0 Å². The minimum atomic E-state index is -3.72. The van der Waals surface area contributed by atoms with Gasteiger partial charge in [0.25, 0.3) is 10.1 Å². The van der Waals surface area contributed by atoms with Crippen LogP contribution < -0.4 is 0 Å². The lowest BCUT2D eigenvalue weighted by atomic mass is 9.84. The topological polar surface area (TPSA) is 43.4 Å². The summed E-state index contributed by atoms with van der Waals surface area (Å²) in [5, 5.41) is 0. The van der Waals surface area contributed by atoms with Crippen LogP contribution in [0.1, 0.15) is 50.5 Å². The Kier molecular flexibility index (Phi) is 6.38. The largest absolute Gasteiger partial charge is 0.296 e. The molecule has 1 fully saturated rings. The molecule has 1 saturated carbocycles. The second-order valence-electron chi connectivity index (χ2n) is 6.15. The molecule has 1 aliphatic rings. The Hall–Kier alpha value is -0.940. The zero-order valence-electron chi connectivity index (χ0n) is 13.1. The van der Waals surface area contributed by atoms with Gasteiger partial charge in [0, 0.05) is 0 Å². The fourth-order valence-corrected chi connectivity index (χ4v) is 3.89. The molecule has 0 saturated heterocycles. The molecule has 1 aromatic carbocycles. The summed E-state index contributed by atoms with van der Waals surface area (Å²) in [5.41, 5.74) is 0.992. The van der Waals surface area contributed by atoms with E-state index in [4.69, 9.17) is 4.18 Å². The first-order chi connectivity index (χ1) is 10.5. The van der Waals surface area contributed by atoms with Crippen LogP contribution in [0.15, 0.2) is 29.2 Å². The highest BCUT2D eigenvalue weighted by atomic mass is 32.2. The molecule has 0 heterocycles. The van der Waals surface area contributed by atoms with Crippen LogP contribution in [-0.4, -0.2) is 21.2 Å². The van der Waals surface area contributed by atoms with Gasteiger partial charge in [-0.05, 0) is 50.7 Å². The van der Waals surface area contributed by atoms with Gasteiger partial charge in [-0.1, -0.05) is 37.0 Å². The molecular formula is C17H25FO3S. The van der Waals surface area contributed by atoms with Gasteiger partial charge in [-0.25, -0.2) is 4.39 Å². The molecule has 0 aliphatic heterocycles. The van der Waals surface area contributed by atoms with Crippen molar-refractivity contribution < 1.29 is 17.0 Å². The van der Waals surface area contributed by atoms with Crippen molar-refractivity contribution in [3.05, 3.63) is 29.8 Å². The van der Waals surface area contributed by atoms with E-state index in [1.165, 1.54) is 18.6 Å². The predicted octanol–water partition coefficient (Wildman–Crippen LogP) is 4.40. The van der Waals surface area contributed by atoms with Crippen molar-refractivity contribution in [1.29, 1.82) is 0 Å². The maximum absolute atomic E-state index is 14.1. The van der Waals surface area contributed by atoms with Crippen molar-refractivity contribution in [2.24, 2.45) is 5.92 Å². The molecule has 22 heavy (non-hydrogen) atoms. The van der Waals surface area contributed by atoms with Gasteiger partial charge in [-0.15, -0.1) is 0 Å². The van der Waals surface area contributed by atoms with E-state index in [0.717, 1.165) is 31.2 Å². The van der Waals surface area contributed by atoms with Gasteiger partial charge in [0.15, 0.2) is 0 Å². The highest BCUT2D eigenvalue weighted by Crippen LogP contribution is 2.30. The molecule has 1 aliphatic carbocycles. The Morgan fingerprint density at radius 1 is 1.18 bits per heavy atom. The Morgan fingerprint density at radius 2 is 1.82 bits per heavy atom. The van der Waals surface area contributed by atoms with E-state index >= 15 is 0 Å². The van der Waals surface area contributed by atoms with Gasteiger partial charge >= 0.3 is 0 Å². The van der Waals surface area contributed by atoms with E-state index in [0.29, 0.717) is 12.8 Å². The molecule has 0 amide bonds. The lowest BCUT2D eigenvalue weighted by Gasteiger charge is -2.24. The summed E-state index contributed by atoms with van der Waals surface area (Å²) in [5.74, 6) is 0.155. The molecule has 0 radical (unpaired) electrons. The Bertz CT molecular complexity index is 548. The van der Waals surface area contributed by atoms with Crippen molar-refractivity contribution in [1.82, 2.24) is 0 Å². The molecule has 0 spiro atoms. The fourth-order valence-electron chi connectivity index (χ4n) is 2.95. The van der Waals surface area contributed by atoms with Crippen molar-refractivity contribution in [3.8, 4) is 0 Å². The zero-order chi connectivity index (χ0) is 16.0. The van der Waals surface area contributed by atoms with Crippen LogP contribution in [0, 0.1) is 12.8 Å². The van der Waals surface area contributed by atoms with Crippen LogP contribution in [0.3, 0.4) is 0 Å². The van der Waals surface area contributed by atoms with Gasteiger partial charge in [0.1, 0.15) is 6.17 Å². The third-order valence-electron chi connectivity index (χ3n) is 4.33. The lowest BCUT2D eigenvalue weighted by molar-refractivity contribution is 0.160. The van der Waals surface area contributed by atoms with E-state index in [9.17, 15) is 12.8 Å². The van der Waals surface area contributed by atoms with Gasteiger partial charge in [-0.2, -0.15) is 8.42 Å². The number of hydrogen-bond acceptors (Lipinski definition) is 3. The summed E-state index contributed by atoms with van der Waals surface area (Å²) >= 11 is 0. The summed E-state index contributed by atoms with van der Waals surface area (Å²) in [7, 11) is -3.72. The van der Waals surface area contributed by atoms with E-state index in [2.05, 4.69) is 0 Å². The first-order valence-electron chi connectivity index (χ1n) is 8.09. The summed E-state index contributed by atoms with van der Waals surface area (Å²) in [6, 6.07) is 6.53. The third kappa shape index (κ3) is 5.06. The number of rotatable bonds is 7. The van der Waals surface area contributed by atoms with E-state index in [-0.39, 0.29) is 17.4 Å². The molecule has 0 N–H and O–H groups in total. The van der Waals surface area contributed by atoms with E-state index in [1.54, 1.807) is 12.1 Å². The summed E-state index contributed by atoms with van der Waals surface area (Å²) in [6.07, 6.45) is 5.35. The van der Waals surface area contributed by atoms with Gasteiger partial charge in [0.05, 0.1) is 11.5 Å². The van der Waals surface area contributed by atoms with Crippen LogP contribution in [-0.2, 0) is 14.3 Å². The molecule has 0 aromatic heterocycles. The van der Waals surface area contributed by atoms with E-state index in [1.807, 2.05) is 6.92 Å². The van der Waals surface area contributed by atoms with Crippen LogP contribution in [0.25, 0.3) is 0 Å². The minimum absolute atomic E-state index is 0.0450. The summed E-state index contributed by atoms with van der Waals surface area (Å²) in [6.45, 7) is 1.94. The Balaban J connectivity index is 1.74. The SMILES string of the molecule is Cc1ccc(S(=O)(=O)OCCCC(F)C2CCCCC2)cc1. The Labute approximate surface area is 133 Å². The number of aryl methyl sites for hydroxylation is 1. The Morgan fingerprint density at radius 3 is 2.45 bits per heavy atom. The lowest BCUT2D eigenvalue weighted by Crippen LogP contribution is -2.19. The third-order valence-corrected chi connectivity index (χ3v) is 5.66. The summed E-state index contributed by atoms with van der Waals surface area (Å²) < 4.78 is 43.0. The maximum Gasteiger partial charge on any atom is 0.296 e. The average molecular weight is 328 g/mol. The molecule has 124 valence electrons. The van der Waals surface area contributed by atoms with Crippen LogP contribution in [0.4, 0.5) is 4.39 Å². The quantitative estimate of drug-likeness (QED) is 0.550. The first kappa shape index (κ1) is 17.4. The normalized spacial score (nSPS) is 18.3. The first-order valence-corrected chi connectivity index (χ1v) is 9.50. The predicted molar refractivity (Wildman–Crippen MR) is 85.0 cm³/mol. The summed E-state index contributed by atoms with van der Waals surface area (Å²) in [4.78, 5) is 0.155. The smallest absolute Gasteiger partial charge is 0.266 e. The molecule has 5 heteroatoms. The zero-order valence-corrected chi connectivity index (χ0v) is 13.9. The molecule has 1 atom stereocenters. The number of alkyl halides is 1. The average Bonchev–Trinajstić information content (AvgIpc) is 2.52. The highest BCUT2D eigenvalue weighted by molar-refractivity contribution is 7.86. The van der Waals surface area contributed by atoms with Crippen molar-refractivity contribution in [2.45, 2.75) is 62.9 Å². The standard InChI is InChI=1S/C17H25FO3S/c1-14-9-11-16(12-10-14)22(19,20)21-13-5-8-17(18)15-6-3-2-4-7-15/h9-12,15,17H,2-8,13H2,1H3. The number of benzene rings is 1. The van der Waals surface area contributed by atoms with Crippen LogP contribution in [0.5, 0.6) is 0 Å². The molecular weight excluding hydrogens is 303 g/mol. The second kappa shape index (κ2) is 8.06. The van der Waals surface area contributed by atoms with Gasteiger partial charge < -0.3 is 0 Å². The van der Waals surface area contributed by atoms with Crippen molar-refractivity contribution >= 4 is 10.1 Å². The molecule has 2 rings (SSSR count). The van der Waals surface area contributed by atoms with Crippen LogP contribution >= 0.6 is 0 Å². The van der Waals surface area contributed by atoms with Crippen molar-refractivity contribution in [2.75, 3.05) is 6.61 Å². The second-order valence-corrected chi connectivity index (χ2v) is 7.76. The van der Waals surface area contributed by atoms with Gasteiger partial charge in [-0.3, -0.25) is 4.18 Å². The van der Waals surface area contributed by atoms with Gasteiger partial charge in [0.2, 0.25) is 0 Å². The highest BCUT2D eigenvalue weighted by Gasteiger charge is 2.23. The van der Waals surface area contributed by atoms with Crippen LogP contribution in [0.2, 0.25) is 0 Å². The maximum atomic E-state index is 14.1. The molecule has 1 aromatic rings.